The Morgan fingerprint density at radius 1 is 1.67 bits per heavy atom. The molecule has 0 atom stereocenters. The summed E-state index contributed by atoms with van der Waals surface area (Å²) in [6.45, 7) is 0.575. The van der Waals surface area contributed by atoms with E-state index in [0.29, 0.717) is 6.54 Å². The highest BCUT2D eigenvalue weighted by molar-refractivity contribution is 5.88. The van der Waals surface area contributed by atoms with Crippen molar-refractivity contribution in [3.63, 3.8) is 0 Å². The van der Waals surface area contributed by atoms with Crippen LogP contribution in [0.2, 0.25) is 0 Å². The molecule has 1 saturated carbocycles. The lowest BCUT2D eigenvalue weighted by atomic mass is 10.2. The van der Waals surface area contributed by atoms with Crippen LogP contribution in [0.5, 0.6) is 0 Å². The lowest BCUT2D eigenvalue weighted by molar-refractivity contribution is -0.132. The molecule has 1 aromatic heterocycles. The van der Waals surface area contributed by atoms with Crippen molar-refractivity contribution in [2.75, 3.05) is 7.05 Å². The third kappa shape index (κ3) is 2.15. The van der Waals surface area contributed by atoms with Gasteiger partial charge in [-0.3, -0.25) is 9.78 Å². The van der Waals surface area contributed by atoms with Crippen molar-refractivity contribution >= 4 is 5.91 Å². The number of aromatic nitrogens is 1. The number of carbonyl (C=O) groups excluding carboxylic acids is 1. The first-order chi connectivity index (χ1) is 7.12. The summed E-state index contributed by atoms with van der Waals surface area (Å²) < 4.78 is 0. The van der Waals surface area contributed by atoms with Gasteiger partial charge in [0.15, 0.2) is 0 Å². The lowest BCUT2D eigenvalue weighted by Gasteiger charge is -2.20. The van der Waals surface area contributed by atoms with Crippen LogP contribution in [-0.4, -0.2) is 28.4 Å². The average molecular weight is 205 g/mol. The van der Waals surface area contributed by atoms with Gasteiger partial charge in [0.1, 0.15) is 0 Å². The zero-order chi connectivity index (χ0) is 10.9. The molecule has 4 nitrogen and oxygen atoms in total. The fourth-order valence-corrected chi connectivity index (χ4v) is 1.57. The molecule has 0 unspecified atom stereocenters. The van der Waals surface area contributed by atoms with E-state index in [1.807, 2.05) is 12.1 Å². The van der Waals surface area contributed by atoms with E-state index in [1.54, 1.807) is 24.3 Å². The van der Waals surface area contributed by atoms with E-state index in [1.165, 1.54) is 0 Å². The maximum absolute atomic E-state index is 11.8. The highest BCUT2D eigenvalue weighted by atomic mass is 16.2. The lowest BCUT2D eigenvalue weighted by Crippen LogP contribution is -2.43. The molecule has 2 N–H and O–H groups in total. The van der Waals surface area contributed by atoms with Gasteiger partial charge in [-0.05, 0) is 24.5 Å². The predicted molar refractivity (Wildman–Crippen MR) is 56.9 cm³/mol. The molecule has 1 aliphatic carbocycles. The van der Waals surface area contributed by atoms with Crippen LogP contribution in [0, 0.1) is 0 Å². The van der Waals surface area contributed by atoms with Gasteiger partial charge in [-0.25, -0.2) is 0 Å². The van der Waals surface area contributed by atoms with Crippen LogP contribution in [0.15, 0.2) is 24.5 Å². The van der Waals surface area contributed by atoms with E-state index in [4.69, 9.17) is 5.73 Å². The number of nitrogens with two attached hydrogens (primary N) is 1. The third-order valence-corrected chi connectivity index (χ3v) is 2.70. The minimum absolute atomic E-state index is 0.0337. The van der Waals surface area contributed by atoms with Gasteiger partial charge in [0.25, 0.3) is 0 Å². The van der Waals surface area contributed by atoms with Gasteiger partial charge in [-0.1, -0.05) is 6.07 Å². The van der Waals surface area contributed by atoms with Crippen LogP contribution in [0.4, 0.5) is 0 Å². The molecular weight excluding hydrogens is 190 g/mol. The SMILES string of the molecule is CN(Cc1cccnc1)C(=O)C1(N)CC1. The fourth-order valence-electron chi connectivity index (χ4n) is 1.57. The number of carbonyl (C=O) groups is 1. The maximum atomic E-state index is 11.8. The van der Waals surface area contributed by atoms with Crippen molar-refractivity contribution < 1.29 is 4.79 Å². The molecule has 0 saturated heterocycles. The Morgan fingerprint density at radius 3 is 2.93 bits per heavy atom. The first-order valence-corrected chi connectivity index (χ1v) is 5.05. The quantitative estimate of drug-likeness (QED) is 0.783. The maximum Gasteiger partial charge on any atom is 0.242 e. The normalized spacial score (nSPS) is 17.2. The molecule has 1 aromatic rings. The molecule has 1 fully saturated rings. The van der Waals surface area contributed by atoms with Gasteiger partial charge in [0.05, 0.1) is 5.54 Å². The van der Waals surface area contributed by atoms with Crippen molar-refractivity contribution in [3.8, 4) is 0 Å². The van der Waals surface area contributed by atoms with Crippen LogP contribution >= 0.6 is 0 Å². The Balaban J connectivity index is 1.98. The summed E-state index contributed by atoms with van der Waals surface area (Å²) in [7, 11) is 1.78. The zero-order valence-electron chi connectivity index (χ0n) is 8.81. The van der Waals surface area contributed by atoms with Gasteiger partial charge >= 0.3 is 0 Å². The van der Waals surface area contributed by atoms with Gasteiger partial charge in [0, 0.05) is 26.0 Å². The number of likely N-dealkylation sites (N-methyl/N-ethyl adjacent to an activating group) is 1. The Morgan fingerprint density at radius 2 is 2.40 bits per heavy atom. The van der Waals surface area contributed by atoms with Crippen molar-refractivity contribution in [1.82, 2.24) is 9.88 Å². The highest BCUT2D eigenvalue weighted by Gasteiger charge is 2.47. The topological polar surface area (TPSA) is 59.2 Å². The largest absolute Gasteiger partial charge is 0.340 e. The highest BCUT2D eigenvalue weighted by Crippen LogP contribution is 2.34. The van der Waals surface area contributed by atoms with Crippen LogP contribution in [-0.2, 0) is 11.3 Å². The number of hydrogen-bond donors (Lipinski definition) is 1. The Labute approximate surface area is 89.1 Å². The minimum Gasteiger partial charge on any atom is -0.340 e. The molecule has 80 valence electrons. The molecule has 4 heteroatoms. The summed E-state index contributed by atoms with van der Waals surface area (Å²) in [4.78, 5) is 17.5. The number of pyridine rings is 1. The molecule has 1 aliphatic rings. The summed E-state index contributed by atoms with van der Waals surface area (Å²) in [6.07, 6.45) is 5.10. The molecule has 0 aliphatic heterocycles. The second-order valence-corrected chi connectivity index (χ2v) is 4.18. The summed E-state index contributed by atoms with van der Waals surface area (Å²) >= 11 is 0. The third-order valence-electron chi connectivity index (χ3n) is 2.70. The molecule has 0 radical (unpaired) electrons. The minimum atomic E-state index is -0.572. The van der Waals surface area contributed by atoms with Crippen molar-refractivity contribution in [3.05, 3.63) is 30.1 Å². The second-order valence-electron chi connectivity index (χ2n) is 4.18. The predicted octanol–water partition coefficient (Wildman–Crippen LogP) is 0.531. The summed E-state index contributed by atoms with van der Waals surface area (Å²) in [6, 6.07) is 3.82. The first kappa shape index (κ1) is 10.1. The van der Waals surface area contributed by atoms with E-state index >= 15 is 0 Å². The first-order valence-electron chi connectivity index (χ1n) is 5.05. The summed E-state index contributed by atoms with van der Waals surface area (Å²) in [5.74, 6) is 0.0337. The van der Waals surface area contributed by atoms with E-state index in [0.717, 1.165) is 18.4 Å². The van der Waals surface area contributed by atoms with Crippen molar-refractivity contribution in [2.24, 2.45) is 5.73 Å². The number of rotatable bonds is 3. The fraction of sp³-hybridized carbons (Fsp3) is 0.455. The van der Waals surface area contributed by atoms with Gasteiger partial charge < -0.3 is 10.6 Å². The Kier molecular flexibility index (Phi) is 2.44. The molecule has 1 amide bonds. The van der Waals surface area contributed by atoms with Crippen LogP contribution in [0.25, 0.3) is 0 Å². The van der Waals surface area contributed by atoms with Crippen LogP contribution in [0.1, 0.15) is 18.4 Å². The molecule has 0 aromatic carbocycles. The van der Waals surface area contributed by atoms with Crippen molar-refractivity contribution in [1.29, 1.82) is 0 Å². The van der Waals surface area contributed by atoms with Gasteiger partial charge in [-0.15, -0.1) is 0 Å². The number of hydrogen-bond acceptors (Lipinski definition) is 3. The van der Waals surface area contributed by atoms with Crippen LogP contribution < -0.4 is 5.73 Å². The monoisotopic (exact) mass is 205 g/mol. The second kappa shape index (κ2) is 3.62. The van der Waals surface area contributed by atoms with E-state index < -0.39 is 5.54 Å². The van der Waals surface area contributed by atoms with Gasteiger partial charge in [0.2, 0.25) is 5.91 Å². The van der Waals surface area contributed by atoms with Crippen LogP contribution in [0.3, 0.4) is 0 Å². The molecular formula is C11H15N3O. The number of nitrogens with zero attached hydrogens (tertiary/aromatic N) is 2. The molecule has 2 rings (SSSR count). The smallest absolute Gasteiger partial charge is 0.242 e. The standard InChI is InChI=1S/C11H15N3O/c1-14(10(15)11(12)4-5-11)8-9-3-2-6-13-7-9/h2-3,6-7H,4-5,8,12H2,1H3. The zero-order valence-corrected chi connectivity index (χ0v) is 8.81. The van der Waals surface area contributed by atoms with E-state index in [9.17, 15) is 4.79 Å². The average Bonchev–Trinajstić information content (AvgIpc) is 2.98. The Bertz CT molecular complexity index is 359. The van der Waals surface area contributed by atoms with E-state index in [-0.39, 0.29) is 5.91 Å². The Hall–Kier alpha value is -1.42. The molecule has 1 heterocycles. The molecule has 0 spiro atoms. The van der Waals surface area contributed by atoms with Crippen molar-refractivity contribution in [2.45, 2.75) is 24.9 Å². The van der Waals surface area contributed by atoms with E-state index in [2.05, 4.69) is 4.98 Å². The number of amides is 1. The summed E-state index contributed by atoms with van der Waals surface area (Å²) in [5.41, 5.74) is 6.29. The summed E-state index contributed by atoms with van der Waals surface area (Å²) in [5, 5.41) is 0. The molecule has 15 heavy (non-hydrogen) atoms. The van der Waals surface area contributed by atoms with Gasteiger partial charge in [-0.2, -0.15) is 0 Å². The molecule has 0 bridgehead atoms.